The maximum Gasteiger partial charge on any atom is 0.434 e. The third kappa shape index (κ3) is 2.71. The van der Waals surface area contributed by atoms with Gasteiger partial charge in [-0.2, -0.15) is 18.3 Å². The van der Waals surface area contributed by atoms with Crippen molar-refractivity contribution < 1.29 is 18.0 Å². The van der Waals surface area contributed by atoms with Crippen LogP contribution in [0.5, 0.6) is 0 Å². The largest absolute Gasteiger partial charge is 0.434 e. The van der Waals surface area contributed by atoms with Gasteiger partial charge in [0.1, 0.15) is 5.02 Å². The van der Waals surface area contributed by atoms with Crippen LogP contribution in [0.3, 0.4) is 0 Å². The van der Waals surface area contributed by atoms with E-state index in [2.05, 4.69) is 15.4 Å². The minimum absolute atomic E-state index is 0.250. The molecule has 2 rings (SSSR count). The van der Waals surface area contributed by atoms with Gasteiger partial charge in [0, 0.05) is 18.6 Å². The van der Waals surface area contributed by atoms with E-state index in [1.807, 2.05) is 0 Å². The molecule has 1 amide bonds. The van der Waals surface area contributed by atoms with Gasteiger partial charge < -0.3 is 0 Å². The Labute approximate surface area is 114 Å². The summed E-state index contributed by atoms with van der Waals surface area (Å²) in [6.45, 7) is 0. The van der Waals surface area contributed by atoms with E-state index < -0.39 is 28.5 Å². The first-order valence-corrected chi connectivity index (χ1v) is 6.07. The van der Waals surface area contributed by atoms with Crippen LogP contribution >= 0.6 is 22.9 Å². The summed E-state index contributed by atoms with van der Waals surface area (Å²) >= 11 is 6.69. The Morgan fingerprint density at radius 1 is 1.53 bits per heavy atom. The fourth-order valence-corrected chi connectivity index (χ4v) is 2.27. The minimum atomic E-state index is -4.68. The summed E-state index contributed by atoms with van der Waals surface area (Å²) in [6.07, 6.45) is -3.24. The van der Waals surface area contributed by atoms with Crippen molar-refractivity contribution in [3.8, 4) is 0 Å². The van der Waals surface area contributed by atoms with Gasteiger partial charge in [-0.05, 0) is 0 Å². The van der Waals surface area contributed by atoms with Crippen molar-refractivity contribution in [2.24, 2.45) is 7.05 Å². The van der Waals surface area contributed by atoms with Crippen molar-refractivity contribution in [1.82, 2.24) is 14.8 Å². The number of alkyl halides is 3. The normalized spacial score (nSPS) is 11.6. The molecule has 5 nitrogen and oxygen atoms in total. The first-order chi connectivity index (χ1) is 8.80. The standard InChI is InChI=1S/C9H6ClF3N4OS/c1-17-6(9(11,12)13)4(10)5(16-17)7(18)15-8-14-2-3-19-8/h2-3H,1H3,(H,14,15,18). The van der Waals surface area contributed by atoms with E-state index >= 15 is 0 Å². The number of hydrogen-bond donors (Lipinski definition) is 1. The predicted molar refractivity (Wildman–Crippen MR) is 63.3 cm³/mol. The van der Waals surface area contributed by atoms with Crippen molar-refractivity contribution in [1.29, 1.82) is 0 Å². The van der Waals surface area contributed by atoms with Gasteiger partial charge in [-0.25, -0.2) is 4.98 Å². The molecule has 0 aliphatic carbocycles. The van der Waals surface area contributed by atoms with Crippen LogP contribution in [0.25, 0.3) is 0 Å². The maximum absolute atomic E-state index is 12.7. The molecule has 0 radical (unpaired) electrons. The number of rotatable bonds is 2. The van der Waals surface area contributed by atoms with Gasteiger partial charge >= 0.3 is 6.18 Å². The molecule has 0 bridgehead atoms. The van der Waals surface area contributed by atoms with Gasteiger partial charge in [0.2, 0.25) is 0 Å². The van der Waals surface area contributed by atoms with Gasteiger partial charge in [-0.1, -0.05) is 11.6 Å². The molecule has 2 heterocycles. The molecule has 2 aromatic heterocycles. The molecule has 2 aromatic rings. The van der Waals surface area contributed by atoms with E-state index in [0.717, 1.165) is 18.4 Å². The summed E-state index contributed by atoms with van der Waals surface area (Å²) in [6, 6.07) is 0. The summed E-state index contributed by atoms with van der Waals surface area (Å²) in [4.78, 5) is 15.5. The Kier molecular flexibility index (Phi) is 3.50. The van der Waals surface area contributed by atoms with E-state index in [0.29, 0.717) is 4.68 Å². The van der Waals surface area contributed by atoms with Crippen LogP contribution in [0.1, 0.15) is 16.2 Å². The highest BCUT2D eigenvalue weighted by Gasteiger charge is 2.40. The second-order valence-corrected chi connectivity index (χ2v) is 4.70. The third-order valence-corrected chi connectivity index (χ3v) is 3.17. The molecule has 0 saturated heterocycles. The summed E-state index contributed by atoms with van der Waals surface area (Å²) in [5.74, 6) is -0.842. The lowest BCUT2D eigenvalue weighted by molar-refractivity contribution is -0.143. The van der Waals surface area contributed by atoms with Crippen LogP contribution in [0.15, 0.2) is 11.6 Å². The predicted octanol–water partition coefficient (Wildman–Crippen LogP) is 2.80. The Balaban J connectivity index is 2.34. The molecule has 0 fully saturated rings. The highest BCUT2D eigenvalue weighted by molar-refractivity contribution is 7.13. The molecule has 10 heteroatoms. The van der Waals surface area contributed by atoms with Gasteiger partial charge in [-0.3, -0.25) is 14.8 Å². The summed E-state index contributed by atoms with van der Waals surface area (Å²) in [5, 5.41) is 6.92. The van der Waals surface area contributed by atoms with Crippen LogP contribution in [-0.4, -0.2) is 20.7 Å². The second-order valence-electron chi connectivity index (χ2n) is 3.42. The number of carbonyl (C=O) groups is 1. The van der Waals surface area contributed by atoms with Gasteiger partial charge in [-0.15, -0.1) is 11.3 Å². The van der Waals surface area contributed by atoms with Crippen LogP contribution < -0.4 is 5.32 Å². The zero-order valence-electron chi connectivity index (χ0n) is 9.32. The lowest BCUT2D eigenvalue weighted by atomic mass is 10.3. The number of hydrogen-bond acceptors (Lipinski definition) is 4. The fraction of sp³-hybridized carbons (Fsp3) is 0.222. The second kappa shape index (κ2) is 4.82. The quantitative estimate of drug-likeness (QED) is 0.928. The van der Waals surface area contributed by atoms with Crippen LogP contribution in [0.4, 0.5) is 18.3 Å². The number of halogens is 4. The highest BCUT2D eigenvalue weighted by Crippen LogP contribution is 2.36. The average molecular weight is 311 g/mol. The van der Waals surface area contributed by atoms with Crippen molar-refractivity contribution >= 4 is 34.0 Å². The molecule has 102 valence electrons. The van der Waals surface area contributed by atoms with Crippen molar-refractivity contribution in [3.63, 3.8) is 0 Å². The lowest BCUT2D eigenvalue weighted by Crippen LogP contribution is -2.13. The number of nitrogens with zero attached hydrogens (tertiary/aromatic N) is 3. The maximum atomic E-state index is 12.7. The zero-order chi connectivity index (χ0) is 14.2. The smallest absolute Gasteiger partial charge is 0.296 e. The molecule has 0 saturated carbocycles. The molecular formula is C9H6ClF3N4OS. The average Bonchev–Trinajstić information content (AvgIpc) is 2.85. The fourth-order valence-electron chi connectivity index (χ4n) is 1.39. The molecule has 1 N–H and O–H groups in total. The number of anilines is 1. The molecule has 0 spiro atoms. The Bertz CT molecular complexity index is 608. The first-order valence-electron chi connectivity index (χ1n) is 4.81. The van der Waals surface area contributed by atoms with Gasteiger partial charge in [0.05, 0.1) is 0 Å². The highest BCUT2D eigenvalue weighted by atomic mass is 35.5. The lowest BCUT2D eigenvalue weighted by Gasteiger charge is -2.06. The number of amides is 1. The summed E-state index contributed by atoms with van der Waals surface area (Å²) < 4.78 is 38.6. The van der Waals surface area contributed by atoms with Gasteiger partial charge in [0.15, 0.2) is 16.5 Å². The Morgan fingerprint density at radius 2 is 2.21 bits per heavy atom. The van der Waals surface area contributed by atoms with E-state index in [4.69, 9.17) is 11.6 Å². The molecule has 0 aliphatic rings. The number of aromatic nitrogens is 3. The zero-order valence-corrected chi connectivity index (χ0v) is 10.9. The van der Waals surface area contributed by atoms with Crippen LogP contribution in [-0.2, 0) is 13.2 Å². The Morgan fingerprint density at radius 3 is 2.68 bits per heavy atom. The molecule has 0 aromatic carbocycles. The van der Waals surface area contributed by atoms with E-state index in [1.54, 1.807) is 5.38 Å². The van der Waals surface area contributed by atoms with Crippen molar-refractivity contribution in [2.75, 3.05) is 5.32 Å². The monoisotopic (exact) mass is 310 g/mol. The summed E-state index contributed by atoms with van der Waals surface area (Å²) in [7, 11) is 1.06. The number of nitrogens with one attached hydrogen (secondary N) is 1. The minimum Gasteiger partial charge on any atom is -0.296 e. The number of thiazole rings is 1. The molecule has 0 aliphatic heterocycles. The summed E-state index contributed by atoms with van der Waals surface area (Å²) in [5.41, 5.74) is -1.66. The Hall–Kier alpha value is -1.61. The van der Waals surface area contributed by atoms with Crippen LogP contribution in [0.2, 0.25) is 5.02 Å². The SMILES string of the molecule is Cn1nc(C(=O)Nc2nccs2)c(Cl)c1C(F)(F)F. The first kappa shape index (κ1) is 13.8. The third-order valence-electron chi connectivity index (χ3n) is 2.13. The van der Waals surface area contributed by atoms with E-state index in [1.165, 1.54) is 6.20 Å². The molecule has 19 heavy (non-hydrogen) atoms. The molecule has 0 unspecified atom stereocenters. The van der Waals surface area contributed by atoms with Crippen LogP contribution in [0, 0.1) is 0 Å². The number of carbonyl (C=O) groups excluding carboxylic acids is 1. The van der Waals surface area contributed by atoms with E-state index in [-0.39, 0.29) is 5.13 Å². The number of aryl methyl sites for hydroxylation is 1. The molecule has 0 atom stereocenters. The topological polar surface area (TPSA) is 59.8 Å². The van der Waals surface area contributed by atoms with E-state index in [9.17, 15) is 18.0 Å². The van der Waals surface area contributed by atoms with Crippen molar-refractivity contribution in [2.45, 2.75) is 6.18 Å². The molecular weight excluding hydrogens is 305 g/mol. The van der Waals surface area contributed by atoms with Gasteiger partial charge in [0.25, 0.3) is 5.91 Å². The van der Waals surface area contributed by atoms with Crippen molar-refractivity contribution in [3.05, 3.63) is 28.0 Å².